The van der Waals surface area contributed by atoms with Gasteiger partial charge >= 0.3 is 0 Å². The fourth-order valence-corrected chi connectivity index (χ4v) is 4.53. The van der Waals surface area contributed by atoms with E-state index in [0.29, 0.717) is 24.5 Å². The van der Waals surface area contributed by atoms with Gasteiger partial charge in [-0.1, -0.05) is 12.1 Å². The molecule has 10 heteroatoms. The number of aryl methyl sites for hydroxylation is 1. The Morgan fingerprint density at radius 3 is 2.68 bits per heavy atom. The lowest BCUT2D eigenvalue weighted by Gasteiger charge is -2.15. The second-order valence-corrected chi connectivity index (χ2v) is 9.21. The van der Waals surface area contributed by atoms with Crippen LogP contribution in [0.15, 0.2) is 26.9 Å². The number of nitrogens with zero attached hydrogens (tertiary/aromatic N) is 2. The highest BCUT2D eigenvalue weighted by atomic mass is 32.2. The first-order valence-electron chi connectivity index (χ1n) is 7.72. The third kappa shape index (κ3) is 4.88. The maximum atomic E-state index is 12.3. The van der Waals surface area contributed by atoms with Crippen molar-refractivity contribution in [3.05, 3.63) is 28.8 Å². The molecule has 8 nitrogen and oxygen atoms in total. The van der Waals surface area contributed by atoms with Gasteiger partial charge in [0, 0.05) is 31.6 Å². The number of aromatic nitrogens is 1. The Hall–Kier alpha value is -1.75. The number of hydrogen-bond acceptors (Lipinski definition) is 7. The van der Waals surface area contributed by atoms with Crippen molar-refractivity contribution in [3.8, 4) is 0 Å². The molecule has 0 spiro atoms. The molecule has 0 bridgehead atoms. The van der Waals surface area contributed by atoms with Crippen LogP contribution < -0.4 is 10.6 Å². The minimum atomic E-state index is -3.43. The first-order valence-corrected chi connectivity index (χ1v) is 9.98. The van der Waals surface area contributed by atoms with Crippen LogP contribution in [0.5, 0.6) is 0 Å². The zero-order valence-electron chi connectivity index (χ0n) is 14.6. The molecule has 0 aliphatic carbocycles. The molecule has 2 aromatic rings. The van der Waals surface area contributed by atoms with Crippen molar-refractivity contribution in [1.29, 1.82) is 0 Å². The largest absolute Gasteiger partial charge is 0.360 e. The zero-order valence-corrected chi connectivity index (χ0v) is 16.2. The van der Waals surface area contributed by atoms with E-state index in [0.717, 1.165) is 4.88 Å². The molecule has 0 aromatic carbocycles. The van der Waals surface area contributed by atoms with Crippen LogP contribution in [0.1, 0.15) is 24.0 Å². The second kappa shape index (κ2) is 8.09. The fourth-order valence-electron chi connectivity index (χ4n) is 2.06. The predicted molar refractivity (Wildman–Crippen MR) is 96.0 cm³/mol. The molecule has 138 valence electrons. The Morgan fingerprint density at radius 1 is 1.40 bits per heavy atom. The van der Waals surface area contributed by atoms with E-state index in [1.54, 1.807) is 25.1 Å². The number of anilines is 1. The van der Waals surface area contributed by atoms with Crippen molar-refractivity contribution < 1.29 is 17.7 Å². The van der Waals surface area contributed by atoms with E-state index in [1.165, 1.54) is 29.7 Å². The molecule has 1 amide bonds. The summed E-state index contributed by atoms with van der Waals surface area (Å²) in [5, 5.41) is 9.56. The molecule has 0 aliphatic heterocycles. The quantitative estimate of drug-likeness (QED) is 0.717. The van der Waals surface area contributed by atoms with Crippen molar-refractivity contribution in [2.24, 2.45) is 0 Å². The van der Waals surface area contributed by atoms with Crippen LogP contribution in [0.3, 0.4) is 0 Å². The van der Waals surface area contributed by atoms with E-state index in [2.05, 4.69) is 15.8 Å². The van der Waals surface area contributed by atoms with Gasteiger partial charge in [0.05, 0.1) is 6.04 Å². The Kier molecular flexibility index (Phi) is 6.33. The van der Waals surface area contributed by atoms with E-state index >= 15 is 0 Å². The summed E-state index contributed by atoms with van der Waals surface area (Å²) in [6.07, 6.45) is 0.580. The van der Waals surface area contributed by atoms with Gasteiger partial charge in [-0.25, -0.2) is 12.7 Å². The zero-order chi connectivity index (χ0) is 18.6. The molecule has 0 fully saturated rings. The average molecular weight is 386 g/mol. The van der Waals surface area contributed by atoms with E-state index in [4.69, 9.17) is 4.52 Å². The Morgan fingerprint density at radius 2 is 2.12 bits per heavy atom. The van der Waals surface area contributed by atoms with Crippen LogP contribution in [-0.2, 0) is 21.4 Å². The van der Waals surface area contributed by atoms with Crippen molar-refractivity contribution in [2.45, 2.75) is 37.1 Å². The molecule has 2 heterocycles. The van der Waals surface area contributed by atoms with Crippen LogP contribution in [0.2, 0.25) is 0 Å². The summed E-state index contributed by atoms with van der Waals surface area (Å²) in [5.41, 5.74) is 0. The van der Waals surface area contributed by atoms with Gasteiger partial charge in [-0.3, -0.25) is 4.79 Å². The number of rotatable bonds is 8. The van der Waals surface area contributed by atoms with Crippen LogP contribution in [-0.4, -0.2) is 43.9 Å². The maximum absolute atomic E-state index is 12.3. The fraction of sp³-hybridized carbons (Fsp3) is 0.467. The van der Waals surface area contributed by atoms with E-state index in [9.17, 15) is 13.2 Å². The van der Waals surface area contributed by atoms with Crippen LogP contribution in [0.25, 0.3) is 0 Å². The summed E-state index contributed by atoms with van der Waals surface area (Å²) in [5.74, 6) is 0.774. The number of carbonyl (C=O) groups excluding carboxylic acids is 1. The van der Waals surface area contributed by atoms with Gasteiger partial charge in [-0.05, 0) is 25.5 Å². The molecule has 0 saturated carbocycles. The van der Waals surface area contributed by atoms with Gasteiger partial charge in [0.15, 0.2) is 5.82 Å². The van der Waals surface area contributed by atoms with Gasteiger partial charge in [0.1, 0.15) is 9.97 Å². The summed E-state index contributed by atoms with van der Waals surface area (Å²) in [6.45, 7) is 4.04. The van der Waals surface area contributed by atoms with Gasteiger partial charge in [0.2, 0.25) is 5.91 Å². The van der Waals surface area contributed by atoms with Crippen molar-refractivity contribution in [2.75, 3.05) is 19.4 Å². The van der Waals surface area contributed by atoms with Crippen LogP contribution in [0.4, 0.5) is 5.82 Å². The summed E-state index contributed by atoms with van der Waals surface area (Å²) in [4.78, 5) is 13.1. The smallest absolute Gasteiger partial charge is 0.252 e. The monoisotopic (exact) mass is 386 g/mol. The number of thiophene rings is 1. The number of amides is 1. The summed E-state index contributed by atoms with van der Waals surface area (Å²) in [6, 6.07) is 4.55. The second-order valence-electron chi connectivity index (χ2n) is 5.66. The molecule has 1 unspecified atom stereocenters. The Bertz CT molecular complexity index is 826. The van der Waals surface area contributed by atoms with Crippen LogP contribution >= 0.6 is 11.3 Å². The standard InChI is InChI=1S/C15H22N4O4S2/c1-5-12(15(20)17-13-8-10(2)23-18-13)16-9-11-6-7-14(24-11)25(21,22)19(3)4/h6-8,12,16H,5,9H2,1-4H3,(H,17,18,20). The van der Waals surface area contributed by atoms with Crippen molar-refractivity contribution in [1.82, 2.24) is 14.8 Å². The van der Waals surface area contributed by atoms with Gasteiger partial charge in [-0.15, -0.1) is 11.3 Å². The lowest BCUT2D eigenvalue weighted by atomic mass is 10.2. The van der Waals surface area contributed by atoms with Gasteiger partial charge in [-0.2, -0.15) is 0 Å². The highest BCUT2D eigenvalue weighted by molar-refractivity contribution is 7.91. The molecule has 0 saturated heterocycles. The average Bonchev–Trinajstić information content (AvgIpc) is 3.17. The van der Waals surface area contributed by atoms with Crippen molar-refractivity contribution in [3.63, 3.8) is 0 Å². The number of carbonyl (C=O) groups is 1. The van der Waals surface area contributed by atoms with Gasteiger partial charge < -0.3 is 15.2 Å². The van der Waals surface area contributed by atoms with E-state index in [1.807, 2.05) is 6.92 Å². The topological polar surface area (TPSA) is 105 Å². The minimum Gasteiger partial charge on any atom is -0.360 e. The molecule has 1 atom stereocenters. The summed E-state index contributed by atoms with van der Waals surface area (Å²) in [7, 11) is -0.437. The lowest BCUT2D eigenvalue weighted by Crippen LogP contribution is -2.39. The maximum Gasteiger partial charge on any atom is 0.252 e. The highest BCUT2D eigenvalue weighted by Crippen LogP contribution is 2.23. The first kappa shape index (κ1) is 19.6. The van der Waals surface area contributed by atoms with Crippen molar-refractivity contribution >= 4 is 33.1 Å². The normalized spacial score (nSPS) is 13.2. The third-order valence-corrected chi connectivity index (χ3v) is 6.87. The molecular weight excluding hydrogens is 364 g/mol. The van der Waals surface area contributed by atoms with E-state index in [-0.39, 0.29) is 10.1 Å². The number of sulfonamides is 1. The number of nitrogens with one attached hydrogen (secondary N) is 2. The molecule has 2 rings (SSSR count). The molecule has 0 radical (unpaired) electrons. The Balaban J connectivity index is 1.96. The van der Waals surface area contributed by atoms with Gasteiger partial charge in [0.25, 0.3) is 10.0 Å². The van der Waals surface area contributed by atoms with Crippen LogP contribution in [0, 0.1) is 6.92 Å². The molecule has 25 heavy (non-hydrogen) atoms. The molecular formula is C15H22N4O4S2. The third-order valence-electron chi connectivity index (χ3n) is 3.50. The van der Waals surface area contributed by atoms with E-state index < -0.39 is 16.1 Å². The Labute approximate surface area is 151 Å². The molecule has 0 aliphatic rings. The summed E-state index contributed by atoms with van der Waals surface area (Å²) >= 11 is 1.19. The SMILES string of the molecule is CCC(NCc1ccc(S(=O)(=O)N(C)C)s1)C(=O)Nc1cc(C)on1. The minimum absolute atomic E-state index is 0.214. The molecule has 2 aromatic heterocycles. The summed E-state index contributed by atoms with van der Waals surface area (Å²) < 4.78 is 30.6. The highest BCUT2D eigenvalue weighted by Gasteiger charge is 2.21. The molecule has 2 N–H and O–H groups in total. The number of hydrogen-bond donors (Lipinski definition) is 2. The lowest BCUT2D eigenvalue weighted by molar-refractivity contribution is -0.118. The first-order chi connectivity index (χ1) is 11.7. The predicted octanol–water partition coefficient (Wildman–Crippen LogP) is 1.80.